The maximum Gasteiger partial charge on any atom is 0.296 e. The topological polar surface area (TPSA) is 83.7 Å². The molecule has 1 amide bonds. The molecule has 1 atom stereocenters. The standard InChI is InChI=1S/C11H12N2O4S/c14-9-3-1-2-8(13(16)17)11(9)12-5-7(6-18)4-10(12)15/h1-3,7,14,18H,4-6H2. The maximum atomic E-state index is 11.8. The zero-order chi connectivity index (χ0) is 13.3. The van der Waals surface area contributed by atoms with E-state index in [9.17, 15) is 20.0 Å². The SMILES string of the molecule is O=C1CC(CS)CN1c1c(O)cccc1[N+](=O)[O-]. The molecule has 7 heteroatoms. The Labute approximate surface area is 109 Å². The summed E-state index contributed by atoms with van der Waals surface area (Å²) in [5, 5.41) is 20.7. The average molecular weight is 268 g/mol. The third-order valence-electron chi connectivity index (χ3n) is 2.92. The molecule has 1 aliphatic heterocycles. The molecule has 1 fully saturated rings. The van der Waals surface area contributed by atoms with E-state index < -0.39 is 4.92 Å². The number of rotatable bonds is 3. The lowest BCUT2D eigenvalue weighted by atomic mass is 10.1. The van der Waals surface area contributed by atoms with Crippen LogP contribution in [0.2, 0.25) is 0 Å². The number of phenolic OH excluding ortho intramolecular Hbond substituents is 1. The zero-order valence-corrected chi connectivity index (χ0v) is 10.3. The monoisotopic (exact) mass is 268 g/mol. The van der Waals surface area contributed by atoms with Crippen LogP contribution in [-0.4, -0.2) is 28.2 Å². The second-order valence-corrected chi connectivity index (χ2v) is 4.52. The Morgan fingerprint density at radius 2 is 2.28 bits per heavy atom. The molecule has 1 heterocycles. The van der Waals surface area contributed by atoms with Crippen LogP contribution in [0.3, 0.4) is 0 Å². The van der Waals surface area contributed by atoms with Crippen molar-refractivity contribution in [2.45, 2.75) is 6.42 Å². The van der Waals surface area contributed by atoms with Gasteiger partial charge in [0.05, 0.1) is 4.92 Å². The smallest absolute Gasteiger partial charge is 0.296 e. The fourth-order valence-corrected chi connectivity index (χ4v) is 2.31. The van der Waals surface area contributed by atoms with Crippen LogP contribution in [-0.2, 0) is 4.79 Å². The summed E-state index contributed by atoms with van der Waals surface area (Å²) in [6.07, 6.45) is 0.301. The molecule has 1 N–H and O–H groups in total. The third-order valence-corrected chi connectivity index (χ3v) is 3.44. The van der Waals surface area contributed by atoms with E-state index >= 15 is 0 Å². The molecule has 0 radical (unpaired) electrons. The van der Waals surface area contributed by atoms with Gasteiger partial charge in [0, 0.05) is 19.0 Å². The van der Waals surface area contributed by atoms with E-state index in [2.05, 4.69) is 12.6 Å². The van der Waals surface area contributed by atoms with Crippen molar-refractivity contribution < 1.29 is 14.8 Å². The number of para-hydroxylation sites is 1. The number of anilines is 1. The van der Waals surface area contributed by atoms with Crippen molar-refractivity contribution in [1.82, 2.24) is 0 Å². The lowest BCUT2D eigenvalue weighted by Crippen LogP contribution is -2.25. The Kier molecular flexibility index (Phi) is 3.42. The maximum absolute atomic E-state index is 11.8. The van der Waals surface area contributed by atoms with Crippen molar-refractivity contribution in [1.29, 1.82) is 0 Å². The molecule has 6 nitrogen and oxygen atoms in total. The molecule has 0 bridgehead atoms. The van der Waals surface area contributed by atoms with E-state index in [-0.39, 0.29) is 28.9 Å². The number of nitro groups is 1. The molecular formula is C11H12N2O4S. The molecule has 96 valence electrons. The van der Waals surface area contributed by atoms with Gasteiger partial charge in [-0.25, -0.2) is 0 Å². The number of nitro benzene ring substituents is 1. The van der Waals surface area contributed by atoms with E-state index in [1.54, 1.807) is 0 Å². The van der Waals surface area contributed by atoms with Crippen LogP contribution in [0, 0.1) is 16.0 Å². The number of carbonyl (C=O) groups is 1. The molecule has 1 aliphatic rings. The van der Waals surface area contributed by atoms with E-state index in [0.29, 0.717) is 18.7 Å². The Bertz CT molecular complexity index is 506. The second kappa shape index (κ2) is 4.85. The summed E-state index contributed by atoms with van der Waals surface area (Å²) in [6.45, 7) is 0.348. The van der Waals surface area contributed by atoms with E-state index in [1.807, 2.05) is 0 Å². The van der Waals surface area contributed by atoms with Gasteiger partial charge in [0.2, 0.25) is 5.91 Å². The molecule has 18 heavy (non-hydrogen) atoms. The lowest BCUT2D eigenvalue weighted by molar-refractivity contribution is -0.384. The quantitative estimate of drug-likeness (QED) is 0.495. The van der Waals surface area contributed by atoms with Gasteiger partial charge in [-0.15, -0.1) is 0 Å². The molecule has 1 saturated heterocycles. The van der Waals surface area contributed by atoms with Crippen molar-refractivity contribution in [3.05, 3.63) is 28.3 Å². The number of nitrogens with zero attached hydrogens (tertiary/aromatic N) is 2. The minimum Gasteiger partial charge on any atom is -0.505 e. The van der Waals surface area contributed by atoms with Gasteiger partial charge < -0.3 is 10.0 Å². The predicted molar refractivity (Wildman–Crippen MR) is 69.1 cm³/mol. The molecule has 1 aromatic rings. The van der Waals surface area contributed by atoms with Gasteiger partial charge in [-0.05, 0) is 17.7 Å². The molecule has 0 aliphatic carbocycles. The van der Waals surface area contributed by atoms with Gasteiger partial charge in [-0.2, -0.15) is 12.6 Å². The summed E-state index contributed by atoms with van der Waals surface area (Å²) in [5.74, 6) is 0.111. The first-order valence-corrected chi connectivity index (χ1v) is 6.05. The van der Waals surface area contributed by atoms with Crippen LogP contribution in [0.4, 0.5) is 11.4 Å². The van der Waals surface area contributed by atoms with Gasteiger partial charge in [-0.3, -0.25) is 14.9 Å². The first kappa shape index (κ1) is 12.7. The molecule has 2 rings (SSSR count). The number of thiol groups is 1. The molecule has 0 aromatic heterocycles. The van der Waals surface area contributed by atoms with Crippen molar-refractivity contribution in [2.75, 3.05) is 17.2 Å². The van der Waals surface area contributed by atoms with Crippen molar-refractivity contribution >= 4 is 29.9 Å². The predicted octanol–water partition coefficient (Wildman–Crippen LogP) is 1.58. The summed E-state index contributed by atoms with van der Waals surface area (Å²) in [7, 11) is 0. The largest absolute Gasteiger partial charge is 0.505 e. The average Bonchev–Trinajstić information content (AvgIpc) is 2.70. The highest BCUT2D eigenvalue weighted by Crippen LogP contribution is 2.39. The molecule has 1 aromatic carbocycles. The fraction of sp³-hybridized carbons (Fsp3) is 0.364. The number of carbonyl (C=O) groups excluding carboxylic acids is 1. The Morgan fingerprint density at radius 3 is 2.83 bits per heavy atom. The van der Waals surface area contributed by atoms with Crippen LogP contribution in [0.25, 0.3) is 0 Å². The van der Waals surface area contributed by atoms with Crippen LogP contribution < -0.4 is 4.90 Å². The number of aromatic hydroxyl groups is 1. The highest BCUT2D eigenvalue weighted by Gasteiger charge is 2.35. The highest BCUT2D eigenvalue weighted by molar-refractivity contribution is 7.80. The lowest BCUT2D eigenvalue weighted by Gasteiger charge is -2.17. The zero-order valence-electron chi connectivity index (χ0n) is 9.44. The van der Waals surface area contributed by atoms with Gasteiger partial charge >= 0.3 is 0 Å². The molecular weight excluding hydrogens is 256 g/mol. The van der Waals surface area contributed by atoms with Crippen LogP contribution >= 0.6 is 12.6 Å². The van der Waals surface area contributed by atoms with Gasteiger partial charge in [-0.1, -0.05) is 6.07 Å². The van der Waals surface area contributed by atoms with E-state index in [0.717, 1.165) is 0 Å². The summed E-state index contributed by atoms with van der Waals surface area (Å²) >= 11 is 4.13. The summed E-state index contributed by atoms with van der Waals surface area (Å²) in [6, 6.07) is 3.99. The minimum absolute atomic E-state index is 0.0169. The second-order valence-electron chi connectivity index (χ2n) is 4.16. The summed E-state index contributed by atoms with van der Waals surface area (Å²) in [5.41, 5.74) is -0.278. The number of phenols is 1. The molecule has 1 unspecified atom stereocenters. The van der Waals surface area contributed by atoms with Crippen LogP contribution in [0.5, 0.6) is 5.75 Å². The number of hydrogen-bond donors (Lipinski definition) is 2. The van der Waals surface area contributed by atoms with Crippen LogP contribution in [0.1, 0.15) is 6.42 Å². The van der Waals surface area contributed by atoms with Gasteiger partial charge in [0.1, 0.15) is 5.75 Å². The van der Waals surface area contributed by atoms with Crippen molar-refractivity contribution in [2.24, 2.45) is 5.92 Å². The Hall–Kier alpha value is -1.76. The number of amides is 1. The normalized spacial score (nSPS) is 19.3. The first-order valence-electron chi connectivity index (χ1n) is 5.42. The first-order chi connectivity index (χ1) is 8.54. The Balaban J connectivity index is 2.45. The van der Waals surface area contributed by atoms with Crippen LogP contribution in [0.15, 0.2) is 18.2 Å². The van der Waals surface area contributed by atoms with Gasteiger partial charge in [0.25, 0.3) is 5.69 Å². The summed E-state index contributed by atoms with van der Waals surface area (Å²) in [4.78, 5) is 23.4. The van der Waals surface area contributed by atoms with Gasteiger partial charge in [0.15, 0.2) is 5.69 Å². The van der Waals surface area contributed by atoms with E-state index in [4.69, 9.17) is 0 Å². The molecule has 0 spiro atoms. The fourth-order valence-electron chi connectivity index (χ4n) is 2.06. The van der Waals surface area contributed by atoms with Crippen molar-refractivity contribution in [3.8, 4) is 5.75 Å². The highest BCUT2D eigenvalue weighted by atomic mass is 32.1. The molecule has 0 saturated carbocycles. The van der Waals surface area contributed by atoms with E-state index in [1.165, 1.54) is 23.1 Å². The number of hydrogen-bond acceptors (Lipinski definition) is 5. The third kappa shape index (κ3) is 2.13. The number of benzene rings is 1. The minimum atomic E-state index is -0.601. The Morgan fingerprint density at radius 1 is 1.56 bits per heavy atom. The summed E-state index contributed by atoms with van der Waals surface area (Å²) < 4.78 is 0. The van der Waals surface area contributed by atoms with Crippen molar-refractivity contribution in [3.63, 3.8) is 0 Å².